The summed E-state index contributed by atoms with van der Waals surface area (Å²) in [6.45, 7) is 11.7. The first-order chi connectivity index (χ1) is 22.2. The van der Waals surface area contributed by atoms with E-state index in [-0.39, 0.29) is 34.5 Å². The van der Waals surface area contributed by atoms with Crippen molar-refractivity contribution in [3.63, 3.8) is 0 Å². The molecule has 5 rings (SSSR count). The second kappa shape index (κ2) is 13.6. The molecule has 3 amide bonds. The lowest BCUT2D eigenvalue weighted by atomic mass is 9.87. The van der Waals surface area contributed by atoms with Crippen LogP contribution in [0.4, 0.5) is 0 Å². The number of nitrogens with zero attached hydrogens (tertiary/aromatic N) is 1. The third-order valence-electron chi connectivity index (χ3n) is 8.79. The predicted molar refractivity (Wildman–Crippen MR) is 183 cm³/mol. The minimum absolute atomic E-state index is 0.0985. The van der Waals surface area contributed by atoms with Crippen LogP contribution in [-0.4, -0.2) is 55.2 Å². The molecule has 1 aliphatic heterocycles. The maximum absolute atomic E-state index is 14.6. The van der Waals surface area contributed by atoms with Crippen LogP contribution >= 0.6 is 0 Å². The number of carbonyl (C=O) groups excluding carboxylic acids is 3. The molecule has 3 aromatic carbocycles. The van der Waals surface area contributed by atoms with Gasteiger partial charge in [-0.2, -0.15) is 0 Å². The highest BCUT2D eigenvalue weighted by Crippen LogP contribution is 2.36. The normalized spacial score (nSPS) is 19.4. The highest BCUT2D eigenvalue weighted by molar-refractivity contribution is 7.89. The highest BCUT2D eigenvalue weighted by Gasteiger charge is 2.49. The fourth-order valence-corrected chi connectivity index (χ4v) is 7.75. The molecule has 1 unspecified atom stereocenters. The van der Waals surface area contributed by atoms with E-state index in [4.69, 9.17) is 0 Å². The summed E-state index contributed by atoms with van der Waals surface area (Å²) in [6.07, 6.45) is 1.77. The molecule has 47 heavy (non-hydrogen) atoms. The number of piperazine rings is 1. The third kappa shape index (κ3) is 7.60. The molecule has 0 saturated carbocycles. The van der Waals surface area contributed by atoms with Crippen molar-refractivity contribution < 1.29 is 22.8 Å². The molecule has 10 heteroatoms. The fourth-order valence-electron chi connectivity index (χ4n) is 6.71. The molecule has 3 aromatic rings. The van der Waals surface area contributed by atoms with Crippen molar-refractivity contribution in [2.45, 2.75) is 89.4 Å². The van der Waals surface area contributed by atoms with Gasteiger partial charge in [-0.3, -0.25) is 14.4 Å². The Kier molecular flexibility index (Phi) is 9.94. The van der Waals surface area contributed by atoms with Gasteiger partial charge in [0.15, 0.2) is 0 Å². The quantitative estimate of drug-likeness (QED) is 0.290. The van der Waals surface area contributed by atoms with Gasteiger partial charge in [0.25, 0.3) is 0 Å². The zero-order valence-electron chi connectivity index (χ0n) is 28.0. The van der Waals surface area contributed by atoms with Crippen molar-refractivity contribution in [3.05, 3.63) is 89.5 Å². The van der Waals surface area contributed by atoms with E-state index >= 15 is 0 Å². The number of rotatable bonds is 10. The summed E-state index contributed by atoms with van der Waals surface area (Å²) in [6, 6.07) is 19.5. The van der Waals surface area contributed by atoms with Crippen LogP contribution in [0.25, 0.3) is 11.1 Å². The topological polar surface area (TPSA) is 125 Å². The maximum Gasteiger partial charge on any atom is 0.247 e. The molecule has 250 valence electrons. The van der Waals surface area contributed by atoms with E-state index in [9.17, 15) is 22.8 Å². The summed E-state index contributed by atoms with van der Waals surface area (Å²) in [5.41, 5.74) is 3.99. The SMILES string of the molecule is CCNS(=O)(=O)c1ccc(-c2ccc([C@H](C(=O)NC(C)(C)C)N3C(=O)C(C4Cc5ccccc5C4)NC(=O)[C@H]3CC(C)C)cc2)cc1. The van der Waals surface area contributed by atoms with E-state index in [1.54, 1.807) is 36.1 Å². The number of hydrogen-bond donors (Lipinski definition) is 3. The summed E-state index contributed by atoms with van der Waals surface area (Å²) in [5, 5.41) is 6.14. The van der Waals surface area contributed by atoms with Gasteiger partial charge in [0.1, 0.15) is 18.1 Å². The van der Waals surface area contributed by atoms with Gasteiger partial charge in [-0.1, -0.05) is 81.4 Å². The van der Waals surface area contributed by atoms with Gasteiger partial charge in [-0.25, -0.2) is 13.1 Å². The van der Waals surface area contributed by atoms with E-state index < -0.39 is 33.7 Å². The summed E-state index contributed by atoms with van der Waals surface area (Å²) in [4.78, 5) is 44.4. The lowest BCUT2D eigenvalue weighted by Crippen LogP contribution is -2.67. The van der Waals surface area contributed by atoms with Crippen LogP contribution in [0.2, 0.25) is 0 Å². The van der Waals surface area contributed by atoms with E-state index in [0.717, 1.165) is 11.1 Å². The minimum atomic E-state index is -3.58. The first kappa shape index (κ1) is 34.3. The molecule has 1 heterocycles. The van der Waals surface area contributed by atoms with Crippen molar-refractivity contribution in [1.29, 1.82) is 0 Å². The largest absolute Gasteiger partial charge is 0.349 e. The van der Waals surface area contributed by atoms with E-state index in [1.165, 1.54) is 11.1 Å². The molecule has 0 spiro atoms. The standard InChI is InChI=1S/C37H46N4O5S/c1-7-38-47(45,46)30-18-16-25(17-19-30)24-12-14-26(15-13-24)33(35(43)40-37(4,5)6)41-31(20-23(2)3)34(42)39-32(36(41)44)29-21-27-10-8-9-11-28(27)22-29/h8-19,23,29,31-33,38H,7,20-22H2,1-6H3,(H,39,42)(H,40,43)/t31-,32?,33-/m1/s1. The van der Waals surface area contributed by atoms with Crippen LogP contribution in [0.5, 0.6) is 0 Å². The van der Waals surface area contributed by atoms with Gasteiger partial charge in [0, 0.05) is 12.1 Å². The highest BCUT2D eigenvalue weighted by atomic mass is 32.2. The van der Waals surface area contributed by atoms with Gasteiger partial charge >= 0.3 is 0 Å². The molecule has 1 saturated heterocycles. The first-order valence-corrected chi connectivity index (χ1v) is 17.9. The summed E-state index contributed by atoms with van der Waals surface area (Å²) in [7, 11) is -3.58. The summed E-state index contributed by atoms with van der Waals surface area (Å²) >= 11 is 0. The number of hydrogen-bond acceptors (Lipinski definition) is 5. The zero-order valence-corrected chi connectivity index (χ0v) is 28.9. The van der Waals surface area contributed by atoms with Crippen LogP contribution in [-0.2, 0) is 37.2 Å². The molecular weight excluding hydrogens is 612 g/mol. The van der Waals surface area contributed by atoms with Crippen molar-refractivity contribution >= 4 is 27.7 Å². The molecule has 0 aromatic heterocycles. The summed E-state index contributed by atoms with van der Waals surface area (Å²) < 4.78 is 27.3. The number of sulfonamides is 1. The first-order valence-electron chi connectivity index (χ1n) is 16.4. The van der Waals surface area contributed by atoms with Crippen molar-refractivity contribution in [3.8, 4) is 11.1 Å². The molecule has 9 nitrogen and oxygen atoms in total. The predicted octanol–water partition coefficient (Wildman–Crippen LogP) is 4.76. The Morgan fingerprint density at radius 3 is 1.98 bits per heavy atom. The Morgan fingerprint density at radius 2 is 1.47 bits per heavy atom. The van der Waals surface area contributed by atoms with Crippen LogP contribution in [0.1, 0.15) is 70.7 Å². The van der Waals surface area contributed by atoms with Crippen molar-refractivity contribution in [2.75, 3.05) is 6.54 Å². The number of benzene rings is 3. The Balaban J connectivity index is 1.52. The van der Waals surface area contributed by atoms with E-state index in [0.29, 0.717) is 31.4 Å². The second-order valence-electron chi connectivity index (χ2n) is 14.1. The average molecular weight is 659 g/mol. The smallest absolute Gasteiger partial charge is 0.247 e. The molecule has 0 bridgehead atoms. The number of amides is 3. The second-order valence-corrected chi connectivity index (χ2v) is 15.9. The molecular formula is C37H46N4O5S. The minimum Gasteiger partial charge on any atom is -0.349 e. The Hall–Kier alpha value is -4.02. The van der Waals surface area contributed by atoms with Gasteiger partial charge in [-0.05, 0) is 91.8 Å². The van der Waals surface area contributed by atoms with Gasteiger partial charge < -0.3 is 15.5 Å². The van der Waals surface area contributed by atoms with Gasteiger partial charge in [-0.15, -0.1) is 0 Å². The molecule has 1 fully saturated rings. The molecule has 3 atom stereocenters. The maximum atomic E-state index is 14.6. The number of carbonyl (C=O) groups is 3. The van der Waals surface area contributed by atoms with Crippen molar-refractivity contribution in [1.82, 2.24) is 20.3 Å². The van der Waals surface area contributed by atoms with Crippen LogP contribution in [0.3, 0.4) is 0 Å². The molecule has 0 radical (unpaired) electrons. The Labute approximate surface area is 278 Å². The fraction of sp³-hybridized carbons (Fsp3) is 0.432. The van der Waals surface area contributed by atoms with E-state index in [1.807, 2.05) is 71.0 Å². The lowest BCUT2D eigenvalue weighted by Gasteiger charge is -2.45. The molecule has 1 aliphatic carbocycles. The van der Waals surface area contributed by atoms with E-state index in [2.05, 4.69) is 27.5 Å². The van der Waals surface area contributed by atoms with Crippen LogP contribution < -0.4 is 15.4 Å². The monoisotopic (exact) mass is 658 g/mol. The summed E-state index contributed by atoms with van der Waals surface area (Å²) in [5.74, 6) is -0.852. The lowest BCUT2D eigenvalue weighted by molar-refractivity contribution is -0.158. The zero-order chi connectivity index (χ0) is 34.1. The molecule has 2 aliphatic rings. The number of nitrogens with one attached hydrogen (secondary N) is 3. The van der Waals surface area contributed by atoms with Crippen LogP contribution in [0, 0.1) is 11.8 Å². The third-order valence-corrected chi connectivity index (χ3v) is 10.4. The Morgan fingerprint density at radius 1 is 0.915 bits per heavy atom. The average Bonchev–Trinajstić information content (AvgIpc) is 3.44. The number of fused-ring (bicyclic) bond motifs is 1. The Bertz CT molecular complexity index is 1700. The van der Waals surface area contributed by atoms with Crippen molar-refractivity contribution in [2.24, 2.45) is 11.8 Å². The van der Waals surface area contributed by atoms with Gasteiger partial charge in [0.05, 0.1) is 4.90 Å². The van der Waals surface area contributed by atoms with Crippen LogP contribution in [0.15, 0.2) is 77.7 Å². The van der Waals surface area contributed by atoms with Gasteiger partial charge in [0.2, 0.25) is 27.7 Å². The molecule has 3 N–H and O–H groups in total.